The average molecular weight is 230 g/mol. The van der Waals surface area contributed by atoms with Crippen LogP contribution in [0, 0.1) is 5.41 Å². The Morgan fingerprint density at radius 1 is 0.750 bits per heavy atom. The zero-order valence-corrected chi connectivity index (χ0v) is 11.6. The Kier molecular flexibility index (Phi) is 7.25. The topological polar surface area (TPSA) is 40.5 Å². The summed E-state index contributed by atoms with van der Waals surface area (Å²) in [7, 11) is 0. The Morgan fingerprint density at radius 2 is 1.19 bits per heavy atom. The number of aliphatic hydroxyl groups excluding tert-OH is 1. The summed E-state index contributed by atoms with van der Waals surface area (Å²) in [6.45, 7) is 8.39. The fourth-order valence-electron chi connectivity index (χ4n) is 1.69. The normalized spacial score (nSPS) is 13.1. The van der Waals surface area contributed by atoms with Crippen LogP contribution in [0.1, 0.15) is 72.6 Å². The van der Waals surface area contributed by atoms with E-state index in [-0.39, 0.29) is 5.41 Å². The zero-order chi connectivity index (χ0) is 12.7. The van der Waals surface area contributed by atoms with E-state index < -0.39 is 5.60 Å². The van der Waals surface area contributed by atoms with Crippen molar-refractivity contribution in [3.63, 3.8) is 0 Å². The van der Waals surface area contributed by atoms with Crippen LogP contribution in [0.4, 0.5) is 0 Å². The van der Waals surface area contributed by atoms with E-state index >= 15 is 0 Å². The highest BCUT2D eigenvalue weighted by Gasteiger charge is 2.33. The van der Waals surface area contributed by atoms with Crippen molar-refractivity contribution in [3.8, 4) is 0 Å². The summed E-state index contributed by atoms with van der Waals surface area (Å²) in [4.78, 5) is 0. The van der Waals surface area contributed by atoms with Crippen LogP contribution in [-0.2, 0) is 0 Å². The fraction of sp³-hybridized carbons (Fsp3) is 1.00. The van der Waals surface area contributed by atoms with Gasteiger partial charge in [0.2, 0.25) is 0 Å². The van der Waals surface area contributed by atoms with E-state index in [2.05, 4.69) is 13.8 Å². The lowest BCUT2D eigenvalue weighted by Gasteiger charge is -2.37. The van der Waals surface area contributed by atoms with Crippen LogP contribution >= 0.6 is 0 Å². The van der Waals surface area contributed by atoms with Gasteiger partial charge in [-0.3, -0.25) is 0 Å². The maximum absolute atomic E-state index is 9.99. The van der Waals surface area contributed by atoms with Crippen LogP contribution in [0.15, 0.2) is 0 Å². The lowest BCUT2D eigenvalue weighted by Crippen LogP contribution is -2.38. The smallest absolute Gasteiger partial charge is 0.0642 e. The standard InChI is InChI=1S/C14H30O2/c1-13(2,14(3,4)16)11-9-7-5-6-8-10-12-15/h15-16H,5-12H2,1-4H3. The highest BCUT2D eigenvalue weighted by atomic mass is 16.3. The minimum absolute atomic E-state index is 0.00189. The first-order valence-electron chi connectivity index (χ1n) is 6.64. The van der Waals surface area contributed by atoms with Crippen LogP contribution in [0.2, 0.25) is 0 Å². The van der Waals surface area contributed by atoms with E-state index in [9.17, 15) is 5.11 Å². The highest BCUT2D eigenvalue weighted by Crippen LogP contribution is 2.35. The van der Waals surface area contributed by atoms with Crippen molar-refractivity contribution in [2.75, 3.05) is 6.61 Å². The van der Waals surface area contributed by atoms with Gasteiger partial charge in [-0.1, -0.05) is 46.0 Å². The molecule has 0 aromatic heterocycles. The van der Waals surface area contributed by atoms with Crippen LogP contribution in [0.3, 0.4) is 0 Å². The summed E-state index contributed by atoms with van der Waals surface area (Å²) < 4.78 is 0. The first-order valence-corrected chi connectivity index (χ1v) is 6.64. The largest absolute Gasteiger partial charge is 0.396 e. The van der Waals surface area contributed by atoms with Crippen molar-refractivity contribution in [2.24, 2.45) is 5.41 Å². The van der Waals surface area contributed by atoms with Gasteiger partial charge in [0.25, 0.3) is 0 Å². The van der Waals surface area contributed by atoms with Crippen LogP contribution in [0.25, 0.3) is 0 Å². The molecule has 0 rings (SSSR count). The van der Waals surface area contributed by atoms with Crippen LogP contribution in [-0.4, -0.2) is 22.4 Å². The molecule has 0 atom stereocenters. The molecule has 0 aromatic carbocycles. The van der Waals surface area contributed by atoms with Gasteiger partial charge in [-0.05, 0) is 32.1 Å². The van der Waals surface area contributed by atoms with Crippen LogP contribution in [0.5, 0.6) is 0 Å². The predicted octanol–water partition coefficient (Wildman–Crippen LogP) is 3.51. The summed E-state index contributed by atoms with van der Waals surface area (Å²) in [6.07, 6.45) is 8.07. The minimum atomic E-state index is -0.593. The van der Waals surface area contributed by atoms with E-state index in [0.717, 1.165) is 19.3 Å². The molecule has 0 bridgehead atoms. The third kappa shape index (κ3) is 6.49. The Labute approximate surface area is 101 Å². The van der Waals surface area contributed by atoms with Gasteiger partial charge >= 0.3 is 0 Å². The molecule has 0 spiro atoms. The van der Waals surface area contributed by atoms with E-state index in [1.54, 1.807) is 0 Å². The van der Waals surface area contributed by atoms with Gasteiger partial charge in [0.15, 0.2) is 0 Å². The second kappa shape index (κ2) is 7.29. The number of hydrogen-bond acceptors (Lipinski definition) is 2. The second-order valence-corrected chi connectivity index (χ2v) is 6.04. The third-order valence-corrected chi connectivity index (χ3v) is 3.87. The highest BCUT2D eigenvalue weighted by molar-refractivity contribution is 4.85. The Bertz CT molecular complexity index is 168. The molecular weight excluding hydrogens is 200 g/mol. The minimum Gasteiger partial charge on any atom is -0.396 e. The Balaban J connectivity index is 3.51. The van der Waals surface area contributed by atoms with Crippen molar-refractivity contribution in [1.29, 1.82) is 0 Å². The monoisotopic (exact) mass is 230 g/mol. The van der Waals surface area contributed by atoms with Crippen LogP contribution < -0.4 is 0 Å². The molecule has 98 valence electrons. The van der Waals surface area contributed by atoms with Crippen molar-refractivity contribution < 1.29 is 10.2 Å². The molecule has 0 saturated heterocycles. The molecule has 2 nitrogen and oxygen atoms in total. The SMILES string of the molecule is CC(C)(O)C(C)(C)CCCCCCCCO. The third-order valence-electron chi connectivity index (χ3n) is 3.87. The summed E-state index contributed by atoms with van der Waals surface area (Å²) >= 11 is 0. The molecule has 0 aliphatic carbocycles. The number of hydrogen-bond donors (Lipinski definition) is 2. The van der Waals surface area contributed by atoms with Crippen molar-refractivity contribution in [3.05, 3.63) is 0 Å². The summed E-state index contributed by atoms with van der Waals surface area (Å²) in [5.74, 6) is 0. The summed E-state index contributed by atoms with van der Waals surface area (Å²) in [5.41, 5.74) is -0.595. The molecule has 2 heteroatoms. The maximum atomic E-state index is 9.99. The maximum Gasteiger partial charge on any atom is 0.0642 e. The summed E-state index contributed by atoms with van der Waals surface area (Å²) in [5, 5.41) is 18.6. The Hall–Kier alpha value is -0.0800. The van der Waals surface area contributed by atoms with Crippen molar-refractivity contribution in [1.82, 2.24) is 0 Å². The molecule has 0 heterocycles. The Morgan fingerprint density at radius 3 is 1.62 bits per heavy atom. The molecule has 0 aliphatic rings. The van der Waals surface area contributed by atoms with Gasteiger partial charge in [-0.2, -0.15) is 0 Å². The van der Waals surface area contributed by atoms with E-state index in [4.69, 9.17) is 5.11 Å². The van der Waals surface area contributed by atoms with Crippen molar-refractivity contribution >= 4 is 0 Å². The van der Waals surface area contributed by atoms with E-state index in [1.807, 2.05) is 13.8 Å². The fourth-order valence-corrected chi connectivity index (χ4v) is 1.69. The second-order valence-electron chi connectivity index (χ2n) is 6.04. The van der Waals surface area contributed by atoms with Gasteiger partial charge in [-0.25, -0.2) is 0 Å². The molecule has 2 N–H and O–H groups in total. The van der Waals surface area contributed by atoms with Gasteiger partial charge < -0.3 is 10.2 Å². The molecule has 0 fully saturated rings. The predicted molar refractivity (Wildman–Crippen MR) is 69.5 cm³/mol. The molecule has 0 aliphatic heterocycles. The first-order chi connectivity index (χ1) is 7.31. The molecule has 0 amide bonds. The van der Waals surface area contributed by atoms with Gasteiger partial charge in [0.05, 0.1) is 5.60 Å². The van der Waals surface area contributed by atoms with Crippen molar-refractivity contribution in [2.45, 2.75) is 78.2 Å². The molecule has 0 radical (unpaired) electrons. The first kappa shape index (κ1) is 15.9. The number of aliphatic hydroxyl groups is 2. The van der Waals surface area contributed by atoms with Gasteiger partial charge in [-0.15, -0.1) is 0 Å². The van der Waals surface area contributed by atoms with E-state index in [0.29, 0.717) is 6.61 Å². The quantitative estimate of drug-likeness (QED) is 0.595. The molecule has 16 heavy (non-hydrogen) atoms. The molecule has 0 saturated carbocycles. The lowest BCUT2D eigenvalue weighted by molar-refractivity contribution is -0.0405. The molecule has 0 unspecified atom stereocenters. The van der Waals surface area contributed by atoms with E-state index in [1.165, 1.54) is 25.7 Å². The average Bonchev–Trinajstić information content (AvgIpc) is 2.14. The van der Waals surface area contributed by atoms with Gasteiger partial charge in [0.1, 0.15) is 0 Å². The summed E-state index contributed by atoms with van der Waals surface area (Å²) in [6, 6.07) is 0. The zero-order valence-electron chi connectivity index (χ0n) is 11.6. The molecular formula is C14H30O2. The molecule has 0 aromatic rings. The number of unbranched alkanes of at least 4 members (excludes halogenated alkanes) is 5. The van der Waals surface area contributed by atoms with Gasteiger partial charge in [0, 0.05) is 6.61 Å². The number of rotatable bonds is 9. The lowest BCUT2D eigenvalue weighted by atomic mass is 9.73.